The number of hydrogen-bond acceptors (Lipinski definition) is 3. The summed E-state index contributed by atoms with van der Waals surface area (Å²) < 4.78 is 0. The molecule has 0 heterocycles. The summed E-state index contributed by atoms with van der Waals surface area (Å²) >= 11 is 0. The lowest BCUT2D eigenvalue weighted by Gasteiger charge is -2.17. The number of nitrogens with one attached hydrogen (secondary N) is 1. The molecule has 22 heavy (non-hydrogen) atoms. The molecule has 0 radical (unpaired) electrons. The number of carbonyl (C=O) groups is 1. The van der Waals surface area contributed by atoms with Gasteiger partial charge in [0.15, 0.2) is 0 Å². The Labute approximate surface area is 146 Å². The molecule has 0 aliphatic rings. The highest BCUT2D eigenvalue weighted by Gasteiger charge is 2.14. The minimum absolute atomic E-state index is 0. The van der Waals surface area contributed by atoms with Gasteiger partial charge in [-0.05, 0) is 37.6 Å². The second-order valence-corrected chi connectivity index (χ2v) is 5.96. The number of halogens is 2. The third kappa shape index (κ3) is 8.59. The molecule has 0 aliphatic carbocycles. The van der Waals surface area contributed by atoms with E-state index >= 15 is 0 Å². The van der Waals surface area contributed by atoms with Crippen molar-refractivity contribution < 1.29 is 4.79 Å². The highest BCUT2D eigenvalue weighted by atomic mass is 35.5. The van der Waals surface area contributed by atoms with Crippen LogP contribution in [0.5, 0.6) is 0 Å². The van der Waals surface area contributed by atoms with Crippen molar-refractivity contribution in [2.24, 2.45) is 11.7 Å². The highest BCUT2D eigenvalue weighted by Crippen LogP contribution is 2.10. The van der Waals surface area contributed by atoms with Crippen molar-refractivity contribution >= 4 is 30.7 Å². The fourth-order valence-electron chi connectivity index (χ4n) is 2.15. The summed E-state index contributed by atoms with van der Waals surface area (Å²) in [6, 6.07) is 7.74. The monoisotopic (exact) mass is 349 g/mol. The molecule has 1 amide bonds. The summed E-state index contributed by atoms with van der Waals surface area (Å²) in [5.41, 5.74) is 8.26. The van der Waals surface area contributed by atoms with Gasteiger partial charge < -0.3 is 16.0 Å². The first kappa shape index (κ1) is 23.5. The first-order chi connectivity index (χ1) is 9.40. The van der Waals surface area contributed by atoms with E-state index in [2.05, 4.69) is 30.1 Å². The Morgan fingerprint density at radius 1 is 1.18 bits per heavy atom. The molecular formula is C16H29Cl2N3O. The van der Waals surface area contributed by atoms with Gasteiger partial charge in [-0.25, -0.2) is 0 Å². The summed E-state index contributed by atoms with van der Waals surface area (Å²) in [5, 5.41) is 2.94. The lowest BCUT2D eigenvalue weighted by Crippen LogP contribution is -2.41. The van der Waals surface area contributed by atoms with Gasteiger partial charge in [0.05, 0.1) is 6.04 Å². The first-order valence-corrected chi connectivity index (χ1v) is 7.15. The van der Waals surface area contributed by atoms with E-state index in [1.54, 1.807) is 0 Å². The Hall–Kier alpha value is -0.810. The van der Waals surface area contributed by atoms with Gasteiger partial charge in [-0.3, -0.25) is 4.79 Å². The molecule has 0 unspecified atom stereocenters. The Kier molecular flexibility index (Phi) is 12.5. The molecule has 0 bridgehead atoms. The van der Waals surface area contributed by atoms with Crippen molar-refractivity contribution in [1.29, 1.82) is 0 Å². The number of carbonyl (C=O) groups excluding carboxylic acids is 1. The minimum Gasteiger partial charge on any atom is -0.351 e. The van der Waals surface area contributed by atoms with E-state index in [9.17, 15) is 4.79 Å². The van der Waals surface area contributed by atoms with E-state index < -0.39 is 6.04 Å². The lowest BCUT2D eigenvalue weighted by molar-refractivity contribution is -0.122. The largest absolute Gasteiger partial charge is 0.351 e. The third-order valence-electron chi connectivity index (χ3n) is 3.12. The summed E-state index contributed by atoms with van der Waals surface area (Å²) in [5.74, 6) is 0.357. The molecule has 0 fully saturated rings. The second kappa shape index (κ2) is 11.7. The molecule has 1 rings (SSSR count). The van der Waals surface area contributed by atoms with Crippen LogP contribution >= 0.6 is 24.8 Å². The second-order valence-electron chi connectivity index (χ2n) is 5.96. The Balaban J connectivity index is 0. The Bertz CT molecular complexity index is 439. The van der Waals surface area contributed by atoms with Gasteiger partial charge >= 0.3 is 0 Å². The zero-order chi connectivity index (χ0) is 15.1. The maximum absolute atomic E-state index is 11.9. The summed E-state index contributed by atoms with van der Waals surface area (Å²) in [6.07, 6.45) is 0.713. The number of hydrogen-bond donors (Lipinski definition) is 2. The van der Waals surface area contributed by atoms with Crippen LogP contribution in [0.3, 0.4) is 0 Å². The van der Waals surface area contributed by atoms with Crippen molar-refractivity contribution in [2.45, 2.75) is 39.4 Å². The van der Waals surface area contributed by atoms with E-state index in [1.165, 1.54) is 5.56 Å². The standard InChI is InChI=1S/C16H27N3O.2ClH/c1-12(2)9-15(17)16(20)18-10-13-7-5-6-8-14(13)11-19(3)4;;/h5-8,12,15H,9-11,17H2,1-4H3,(H,18,20);2*1H/t15-;;/m0../s1. The topological polar surface area (TPSA) is 58.4 Å². The van der Waals surface area contributed by atoms with Crippen LogP contribution in [-0.4, -0.2) is 30.9 Å². The van der Waals surface area contributed by atoms with E-state index in [0.29, 0.717) is 18.9 Å². The van der Waals surface area contributed by atoms with Gasteiger partial charge in [0.25, 0.3) is 0 Å². The predicted molar refractivity (Wildman–Crippen MR) is 97.6 cm³/mol. The molecule has 0 aromatic heterocycles. The molecular weight excluding hydrogens is 321 g/mol. The third-order valence-corrected chi connectivity index (χ3v) is 3.12. The van der Waals surface area contributed by atoms with Crippen LogP contribution in [0.15, 0.2) is 24.3 Å². The zero-order valence-corrected chi connectivity index (χ0v) is 15.5. The average molecular weight is 350 g/mol. The first-order valence-electron chi connectivity index (χ1n) is 7.15. The molecule has 0 saturated heterocycles. The summed E-state index contributed by atoms with van der Waals surface area (Å²) in [7, 11) is 4.07. The summed E-state index contributed by atoms with van der Waals surface area (Å²) in [6.45, 7) is 5.54. The molecule has 1 atom stereocenters. The Morgan fingerprint density at radius 2 is 1.73 bits per heavy atom. The maximum Gasteiger partial charge on any atom is 0.237 e. The molecule has 1 aromatic carbocycles. The SMILES string of the molecule is CC(C)C[C@H](N)C(=O)NCc1ccccc1CN(C)C.Cl.Cl. The van der Waals surface area contributed by atoms with Crippen LogP contribution in [0.25, 0.3) is 0 Å². The van der Waals surface area contributed by atoms with Crippen LogP contribution in [0.4, 0.5) is 0 Å². The fraction of sp³-hybridized carbons (Fsp3) is 0.562. The molecule has 6 heteroatoms. The van der Waals surface area contributed by atoms with Crippen molar-refractivity contribution in [3.8, 4) is 0 Å². The fourth-order valence-corrected chi connectivity index (χ4v) is 2.15. The predicted octanol–water partition coefficient (Wildman–Crippen LogP) is 2.58. The number of nitrogens with two attached hydrogens (primary N) is 1. The molecule has 4 nitrogen and oxygen atoms in total. The molecule has 1 aromatic rings. The van der Waals surface area contributed by atoms with Crippen LogP contribution in [0.2, 0.25) is 0 Å². The van der Waals surface area contributed by atoms with Crippen LogP contribution < -0.4 is 11.1 Å². The summed E-state index contributed by atoms with van der Waals surface area (Å²) in [4.78, 5) is 14.1. The van der Waals surface area contributed by atoms with E-state index in [4.69, 9.17) is 5.73 Å². The van der Waals surface area contributed by atoms with Crippen LogP contribution in [0.1, 0.15) is 31.4 Å². The average Bonchev–Trinajstić information content (AvgIpc) is 2.35. The van der Waals surface area contributed by atoms with Gasteiger partial charge in [-0.1, -0.05) is 38.1 Å². The van der Waals surface area contributed by atoms with Crippen molar-refractivity contribution in [1.82, 2.24) is 10.2 Å². The number of amides is 1. The van der Waals surface area contributed by atoms with Gasteiger partial charge in [-0.15, -0.1) is 24.8 Å². The van der Waals surface area contributed by atoms with E-state index in [1.807, 2.05) is 32.3 Å². The molecule has 0 saturated carbocycles. The van der Waals surface area contributed by atoms with Crippen molar-refractivity contribution in [3.63, 3.8) is 0 Å². The Morgan fingerprint density at radius 3 is 2.23 bits per heavy atom. The van der Waals surface area contributed by atoms with Gasteiger partial charge in [0.2, 0.25) is 5.91 Å². The molecule has 0 spiro atoms. The molecule has 128 valence electrons. The zero-order valence-electron chi connectivity index (χ0n) is 13.8. The van der Waals surface area contributed by atoms with Gasteiger partial charge in [0.1, 0.15) is 0 Å². The van der Waals surface area contributed by atoms with Crippen LogP contribution in [0, 0.1) is 5.92 Å². The van der Waals surface area contributed by atoms with Crippen molar-refractivity contribution in [3.05, 3.63) is 35.4 Å². The number of benzene rings is 1. The maximum atomic E-state index is 11.9. The van der Waals surface area contributed by atoms with Gasteiger partial charge in [0, 0.05) is 13.1 Å². The lowest BCUT2D eigenvalue weighted by atomic mass is 10.0. The normalized spacial score (nSPS) is 11.6. The molecule has 0 aliphatic heterocycles. The smallest absolute Gasteiger partial charge is 0.237 e. The number of rotatable bonds is 7. The van der Waals surface area contributed by atoms with E-state index in [0.717, 1.165) is 12.1 Å². The number of nitrogens with zero attached hydrogens (tertiary/aromatic N) is 1. The quantitative estimate of drug-likeness (QED) is 0.795. The molecule has 3 N–H and O–H groups in total. The van der Waals surface area contributed by atoms with Crippen LogP contribution in [-0.2, 0) is 17.9 Å². The van der Waals surface area contributed by atoms with Crippen molar-refractivity contribution in [2.75, 3.05) is 14.1 Å². The van der Waals surface area contributed by atoms with E-state index in [-0.39, 0.29) is 30.7 Å². The highest BCUT2D eigenvalue weighted by molar-refractivity contribution is 5.85. The van der Waals surface area contributed by atoms with Gasteiger partial charge in [-0.2, -0.15) is 0 Å². The minimum atomic E-state index is -0.420.